The van der Waals surface area contributed by atoms with Crippen LogP contribution in [-0.2, 0) is 20.1 Å². The summed E-state index contributed by atoms with van der Waals surface area (Å²) in [7, 11) is 6.24. The highest BCUT2D eigenvalue weighted by Crippen LogP contribution is 2.26. The van der Waals surface area contributed by atoms with E-state index in [1.807, 2.05) is 12.4 Å². The van der Waals surface area contributed by atoms with E-state index in [4.69, 9.17) is 5.10 Å². The SMILES string of the molecule is Cc1nn(CC(C)C)c(N(C)C)c1CN[C@@H](c1nccn1C)C(C)C. The molecule has 2 aromatic heterocycles. The van der Waals surface area contributed by atoms with Crippen LogP contribution in [0.1, 0.15) is 50.8 Å². The Balaban J connectivity index is 2.27. The second-order valence-electron chi connectivity index (χ2n) is 7.86. The minimum atomic E-state index is 0.211. The molecule has 0 aliphatic heterocycles. The fourth-order valence-corrected chi connectivity index (χ4v) is 3.30. The maximum Gasteiger partial charge on any atom is 0.131 e. The molecule has 0 unspecified atom stereocenters. The van der Waals surface area contributed by atoms with Gasteiger partial charge in [-0.1, -0.05) is 27.7 Å². The Bertz CT molecular complexity index is 680. The average molecular weight is 347 g/mol. The van der Waals surface area contributed by atoms with E-state index in [1.165, 1.54) is 11.4 Å². The van der Waals surface area contributed by atoms with Gasteiger partial charge >= 0.3 is 0 Å². The fraction of sp³-hybridized carbons (Fsp3) is 0.684. The van der Waals surface area contributed by atoms with Crippen LogP contribution < -0.4 is 10.2 Å². The van der Waals surface area contributed by atoms with Crippen LogP contribution >= 0.6 is 0 Å². The van der Waals surface area contributed by atoms with Crippen LogP contribution in [-0.4, -0.2) is 33.4 Å². The van der Waals surface area contributed by atoms with Crippen LogP contribution in [0.25, 0.3) is 0 Å². The first kappa shape index (κ1) is 19.5. The van der Waals surface area contributed by atoms with Crippen LogP contribution in [0, 0.1) is 18.8 Å². The maximum atomic E-state index is 4.79. The number of anilines is 1. The predicted octanol–water partition coefficient (Wildman–Crippen LogP) is 3.13. The summed E-state index contributed by atoms with van der Waals surface area (Å²) in [5, 5.41) is 8.51. The van der Waals surface area contributed by atoms with E-state index in [-0.39, 0.29) is 6.04 Å². The van der Waals surface area contributed by atoms with Crippen molar-refractivity contribution in [3.63, 3.8) is 0 Å². The molecule has 140 valence electrons. The molecule has 1 atom stereocenters. The molecule has 0 spiro atoms. The highest BCUT2D eigenvalue weighted by molar-refractivity contribution is 5.49. The van der Waals surface area contributed by atoms with Crippen LogP contribution in [0.15, 0.2) is 12.4 Å². The van der Waals surface area contributed by atoms with E-state index in [0.29, 0.717) is 11.8 Å². The molecule has 2 heterocycles. The van der Waals surface area contributed by atoms with Gasteiger partial charge < -0.3 is 14.8 Å². The monoisotopic (exact) mass is 346 g/mol. The molecule has 0 bridgehead atoms. The summed E-state index contributed by atoms with van der Waals surface area (Å²) in [6.07, 6.45) is 3.87. The van der Waals surface area contributed by atoms with Crippen LogP contribution in [0.4, 0.5) is 5.82 Å². The first-order chi connectivity index (χ1) is 11.7. The van der Waals surface area contributed by atoms with E-state index in [0.717, 1.165) is 24.6 Å². The minimum Gasteiger partial charge on any atom is -0.363 e. The Morgan fingerprint density at radius 2 is 1.88 bits per heavy atom. The second-order valence-corrected chi connectivity index (χ2v) is 7.86. The fourth-order valence-electron chi connectivity index (χ4n) is 3.30. The van der Waals surface area contributed by atoms with Crippen molar-refractivity contribution in [3.05, 3.63) is 29.5 Å². The zero-order valence-electron chi connectivity index (χ0n) is 17.0. The number of nitrogens with one attached hydrogen (secondary N) is 1. The zero-order chi connectivity index (χ0) is 18.7. The standard InChI is InChI=1S/C19H34N6/c1-13(2)12-25-19(23(6)7)16(15(5)22-25)11-21-17(14(3)4)18-20-9-10-24(18)8/h9-10,13-14,17,21H,11-12H2,1-8H3/t17-/m1/s1. The molecule has 0 amide bonds. The topological polar surface area (TPSA) is 50.9 Å². The summed E-state index contributed by atoms with van der Waals surface area (Å²) in [4.78, 5) is 6.71. The normalized spacial score (nSPS) is 13.0. The van der Waals surface area contributed by atoms with Crippen LogP contribution in [0.3, 0.4) is 0 Å². The molecule has 6 heteroatoms. The molecule has 1 N–H and O–H groups in total. The summed E-state index contributed by atoms with van der Waals surface area (Å²) in [6, 6.07) is 0.211. The van der Waals surface area contributed by atoms with Crippen molar-refractivity contribution in [2.24, 2.45) is 18.9 Å². The van der Waals surface area contributed by atoms with E-state index in [2.05, 4.69) is 80.2 Å². The van der Waals surface area contributed by atoms with Gasteiger partial charge in [-0.2, -0.15) is 5.10 Å². The third-order valence-corrected chi connectivity index (χ3v) is 4.49. The average Bonchev–Trinajstić information content (AvgIpc) is 3.02. The van der Waals surface area contributed by atoms with Gasteiger partial charge in [0.15, 0.2) is 0 Å². The molecule has 6 nitrogen and oxygen atoms in total. The molecule has 2 aromatic rings. The molecule has 0 radical (unpaired) electrons. The van der Waals surface area contributed by atoms with E-state index < -0.39 is 0 Å². The second kappa shape index (κ2) is 8.04. The number of nitrogens with zero attached hydrogens (tertiary/aromatic N) is 5. The Hall–Kier alpha value is -1.82. The molecular weight excluding hydrogens is 312 g/mol. The van der Waals surface area contributed by atoms with Crippen LogP contribution in [0.5, 0.6) is 0 Å². The Morgan fingerprint density at radius 1 is 1.20 bits per heavy atom. The number of rotatable bonds is 8. The molecule has 2 rings (SSSR count). The molecule has 0 aliphatic rings. The summed E-state index contributed by atoms with van der Waals surface area (Å²) < 4.78 is 4.24. The van der Waals surface area contributed by atoms with Crippen molar-refractivity contribution in [1.82, 2.24) is 24.6 Å². The first-order valence-corrected chi connectivity index (χ1v) is 9.16. The zero-order valence-corrected chi connectivity index (χ0v) is 17.0. The number of imidazole rings is 1. The maximum absolute atomic E-state index is 4.79. The van der Waals surface area contributed by atoms with Gasteiger partial charge in [-0.3, -0.25) is 0 Å². The van der Waals surface area contributed by atoms with E-state index >= 15 is 0 Å². The van der Waals surface area contributed by atoms with Gasteiger partial charge in [-0.05, 0) is 18.8 Å². The molecule has 0 fully saturated rings. The molecule has 0 aromatic carbocycles. The number of aromatic nitrogens is 4. The van der Waals surface area contributed by atoms with Crippen molar-refractivity contribution < 1.29 is 0 Å². The third-order valence-electron chi connectivity index (χ3n) is 4.49. The van der Waals surface area contributed by atoms with Crippen molar-refractivity contribution in [2.45, 2.75) is 53.8 Å². The number of hydrogen-bond acceptors (Lipinski definition) is 4. The van der Waals surface area contributed by atoms with Crippen molar-refractivity contribution in [2.75, 3.05) is 19.0 Å². The van der Waals surface area contributed by atoms with Crippen molar-refractivity contribution in [1.29, 1.82) is 0 Å². The highest BCUT2D eigenvalue weighted by Gasteiger charge is 2.22. The summed E-state index contributed by atoms with van der Waals surface area (Å²) in [6.45, 7) is 12.7. The molecule has 25 heavy (non-hydrogen) atoms. The highest BCUT2D eigenvalue weighted by atomic mass is 15.4. The first-order valence-electron chi connectivity index (χ1n) is 9.16. The lowest BCUT2D eigenvalue weighted by atomic mass is 10.0. The lowest BCUT2D eigenvalue weighted by Crippen LogP contribution is -2.29. The predicted molar refractivity (Wildman–Crippen MR) is 104 cm³/mol. The van der Waals surface area contributed by atoms with Gasteiger partial charge in [0.2, 0.25) is 0 Å². The minimum absolute atomic E-state index is 0.211. The lowest BCUT2D eigenvalue weighted by molar-refractivity contribution is 0.384. The smallest absolute Gasteiger partial charge is 0.131 e. The number of aryl methyl sites for hydroxylation is 2. The number of hydrogen-bond donors (Lipinski definition) is 1. The molecule has 0 saturated carbocycles. The van der Waals surface area contributed by atoms with Crippen LogP contribution in [0.2, 0.25) is 0 Å². The summed E-state index contributed by atoms with van der Waals surface area (Å²) in [5.41, 5.74) is 2.37. The van der Waals surface area contributed by atoms with E-state index in [9.17, 15) is 0 Å². The largest absolute Gasteiger partial charge is 0.363 e. The van der Waals surface area contributed by atoms with Gasteiger partial charge in [0, 0.05) is 52.2 Å². The van der Waals surface area contributed by atoms with Gasteiger partial charge in [-0.15, -0.1) is 0 Å². The molecular formula is C19H34N6. The molecule has 0 aliphatic carbocycles. The lowest BCUT2D eigenvalue weighted by Gasteiger charge is -2.23. The Kier molecular flexibility index (Phi) is 6.27. The molecule has 0 saturated heterocycles. The summed E-state index contributed by atoms with van der Waals surface area (Å²) in [5.74, 6) is 3.29. The third kappa shape index (κ3) is 4.42. The van der Waals surface area contributed by atoms with Gasteiger partial charge in [-0.25, -0.2) is 9.67 Å². The summed E-state index contributed by atoms with van der Waals surface area (Å²) >= 11 is 0. The van der Waals surface area contributed by atoms with Gasteiger partial charge in [0.05, 0.1) is 11.7 Å². The van der Waals surface area contributed by atoms with Gasteiger partial charge in [0.25, 0.3) is 0 Å². The Labute approximate surface area is 152 Å². The quantitative estimate of drug-likeness (QED) is 0.798. The van der Waals surface area contributed by atoms with Crippen molar-refractivity contribution >= 4 is 5.82 Å². The van der Waals surface area contributed by atoms with Gasteiger partial charge in [0.1, 0.15) is 11.6 Å². The van der Waals surface area contributed by atoms with E-state index in [1.54, 1.807) is 0 Å². The Morgan fingerprint density at radius 3 is 2.36 bits per heavy atom. The van der Waals surface area contributed by atoms with Crippen molar-refractivity contribution in [3.8, 4) is 0 Å².